The molecule has 0 spiro atoms. The Morgan fingerprint density at radius 1 is 1.26 bits per heavy atom. The lowest BCUT2D eigenvalue weighted by atomic mass is 10.0. The molecule has 0 aliphatic carbocycles. The van der Waals surface area contributed by atoms with E-state index in [0.29, 0.717) is 38.8 Å². The van der Waals surface area contributed by atoms with Gasteiger partial charge in [-0.15, -0.1) is 0 Å². The Balaban J connectivity index is 1.61. The van der Waals surface area contributed by atoms with Crippen molar-refractivity contribution in [2.75, 3.05) is 25.0 Å². The maximum Gasteiger partial charge on any atom is 0.251 e. The second-order valence-electron chi connectivity index (χ2n) is 7.65. The summed E-state index contributed by atoms with van der Waals surface area (Å²) >= 11 is 8.05. The van der Waals surface area contributed by atoms with Gasteiger partial charge in [0.15, 0.2) is 5.96 Å². The molecule has 1 aliphatic rings. The molecule has 1 unspecified atom stereocenters. The highest BCUT2D eigenvalue weighted by molar-refractivity contribution is 14.1. The molecule has 10 nitrogen and oxygen atoms in total. The predicted octanol–water partition coefficient (Wildman–Crippen LogP) is 2.09. The number of benzene rings is 2. The van der Waals surface area contributed by atoms with Gasteiger partial charge in [0.25, 0.3) is 5.91 Å². The van der Waals surface area contributed by atoms with Crippen LogP contribution in [0.15, 0.2) is 35.3 Å². The molecule has 1 aliphatic heterocycles. The number of aliphatic hydroxyl groups excluding tert-OH is 1. The van der Waals surface area contributed by atoms with Crippen LogP contribution in [0.25, 0.3) is 0 Å². The molecule has 3 rings (SSSR count). The topological polar surface area (TPSA) is 155 Å². The van der Waals surface area contributed by atoms with Crippen LogP contribution in [0.1, 0.15) is 35.3 Å². The van der Waals surface area contributed by atoms with Gasteiger partial charge in [-0.05, 0) is 53.3 Å². The highest BCUT2D eigenvalue weighted by Crippen LogP contribution is 2.33. The first-order chi connectivity index (χ1) is 16.2. The van der Waals surface area contributed by atoms with Crippen LogP contribution in [0.5, 0.6) is 11.5 Å². The van der Waals surface area contributed by atoms with Crippen molar-refractivity contribution in [3.63, 3.8) is 0 Å². The molecule has 2 aromatic carbocycles. The van der Waals surface area contributed by atoms with Crippen LogP contribution < -0.4 is 21.3 Å². The number of nitrogens with zero attached hydrogens (tertiary/aromatic N) is 1. The van der Waals surface area contributed by atoms with Gasteiger partial charge in [0, 0.05) is 34.4 Å². The number of halogens is 2. The number of hydrogen-bond acceptors (Lipinski definition) is 8. The first-order valence-electron chi connectivity index (χ1n) is 10.5. The summed E-state index contributed by atoms with van der Waals surface area (Å²) in [6, 6.07) is 6.93. The zero-order valence-electron chi connectivity index (χ0n) is 18.2. The van der Waals surface area contributed by atoms with E-state index in [1.807, 2.05) is 29.5 Å². The highest BCUT2D eigenvalue weighted by atomic mass is 127. The second-order valence-corrected chi connectivity index (χ2v) is 9.25. The number of carbonyl (C=O) groups is 2. The summed E-state index contributed by atoms with van der Waals surface area (Å²) in [7, 11) is 0. The van der Waals surface area contributed by atoms with E-state index in [0.717, 1.165) is 0 Å². The smallest absolute Gasteiger partial charge is 0.251 e. The van der Waals surface area contributed by atoms with Gasteiger partial charge in [-0.3, -0.25) is 14.6 Å². The van der Waals surface area contributed by atoms with Crippen LogP contribution in [0.2, 0.25) is 5.02 Å². The molecule has 0 radical (unpaired) electrons. The average Bonchev–Trinajstić information content (AvgIpc) is 2.79. The number of β-amino-alcohol motifs (C(OH)–C–C–N with tert-alkyl or cyclic N) is 1. The summed E-state index contributed by atoms with van der Waals surface area (Å²) in [5.74, 6) is -0.699. The van der Waals surface area contributed by atoms with E-state index in [1.54, 1.807) is 12.1 Å². The third kappa shape index (κ3) is 6.87. The van der Waals surface area contributed by atoms with Crippen LogP contribution in [0.3, 0.4) is 0 Å². The van der Waals surface area contributed by atoms with E-state index in [-0.39, 0.29) is 30.2 Å². The predicted molar refractivity (Wildman–Crippen MR) is 137 cm³/mol. The van der Waals surface area contributed by atoms with Gasteiger partial charge in [0.2, 0.25) is 5.91 Å². The fourth-order valence-corrected chi connectivity index (χ4v) is 4.38. The Kier molecular flexibility index (Phi) is 8.80. The van der Waals surface area contributed by atoms with E-state index in [4.69, 9.17) is 11.6 Å². The SMILES string of the molecule is CC[C@H](NC(=O)CNC(=O)c1cc(O)cc(NC2=NCC(O)CN2)c1)c1cc(Cl)cc(I)c1O. The lowest BCUT2D eigenvalue weighted by Crippen LogP contribution is -2.42. The fraction of sp³-hybridized carbons (Fsp3) is 0.318. The number of aliphatic hydroxyl groups is 1. The van der Waals surface area contributed by atoms with Crippen LogP contribution in [-0.4, -0.2) is 58.8 Å². The Morgan fingerprint density at radius 2 is 2.03 bits per heavy atom. The molecule has 0 saturated carbocycles. The molecular weight excluding hydrogens is 577 g/mol. The summed E-state index contributed by atoms with van der Waals surface area (Å²) < 4.78 is 0.569. The van der Waals surface area contributed by atoms with Crippen molar-refractivity contribution < 1.29 is 24.9 Å². The Hall–Kier alpha value is -2.77. The number of phenolic OH excluding ortho intramolecular Hbond substituents is 2. The van der Waals surface area contributed by atoms with Crippen molar-refractivity contribution in [1.82, 2.24) is 16.0 Å². The first-order valence-corrected chi connectivity index (χ1v) is 11.9. The van der Waals surface area contributed by atoms with Crippen LogP contribution in [0, 0.1) is 3.57 Å². The van der Waals surface area contributed by atoms with E-state index < -0.39 is 24.0 Å². The van der Waals surface area contributed by atoms with Crippen LogP contribution in [-0.2, 0) is 4.79 Å². The molecule has 0 aromatic heterocycles. The van der Waals surface area contributed by atoms with E-state index in [2.05, 4.69) is 26.3 Å². The summed E-state index contributed by atoms with van der Waals surface area (Å²) in [6.07, 6.45) is -0.0683. The quantitative estimate of drug-likeness (QED) is 0.240. The molecule has 1 heterocycles. The lowest BCUT2D eigenvalue weighted by molar-refractivity contribution is -0.120. The molecule has 2 atom stereocenters. The van der Waals surface area contributed by atoms with E-state index >= 15 is 0 Å². The van der Waals surface area contributed by atoms with Gasteiger partial charge < -0.3 is 36.6 Å². The van der Waals surface area contributed by atoms with Crippen LogP contribution >= 0.6 is 34.2 Å². The van der Waals surface area contributed by atoms with Gasteiger partial charge in [-0.2, -0.15) is 0 Å². The maximum absolute atomic E-state index is 12.6. The summed E-state index contributed by atoms with van der Waals surface area (Å²) in [4.78, 5) is 29.2. The number of aliphatic imine (C=N–C) groups is 1. The number of carbonyl (C=O) groups excluding carboxylic acids is 2. The Bertz CT molecular complexity index is 1110. The van der Waals surface area contributed by atoms with E-state index in [9.17, 15) is 24.9 Å². The Morgan fingerprint density at radius 3 is 2.71 bits per heavy atom. The van der Waals surface area contributed by atoms with Crippen molar-refractivity contribution >= 4 is 57.7 Å². The third-order valence-electron chi connectivity index (χ3n) is 4.99. The second kappa shape index (κ2) is 11.6. The number of aromatic hydroxyl groups is 2. The molecule has 34 heavy (non-hydrogen) atoms. The zero-order chi connectivity index (χ0) is 24.8. The van der Waals surface area contributed by atoms with Crippen LogP contribution in [0.4, 0.5) is 5.69 Å². The number of amides is 2. The molecule has 12 heteroatoms. The molecule has 2 aromatic rings. The van der Waals surface area contributed by atoms with Gasteiger partial charge in [0.1, 0.15) is 11.5 Å². The fourth-order valence-electron chi connectivity index (χ4n) is 3.33. The number of phenols is 2. The number of nitrogens with one attached hydrogen (secondary N) is 4. The van der Waals surface area contributed by atoms with Crippen molar-refractivity contribution in [3.8, 4) is 11.5 Å². The number of rotatable bonds is 7. The highest BCUT2D eigenvalue weighted by Gasteiger charge is 2.20. The van der Waals surface area contributed by atoms with Crippen molar-refractivity contribution in [2.45, 2.75) is 25.5 Å². The van der Waals surface area contributed by atoms with Gasteiger partial charge in [-0.25, -0.2) is 0 Å². The standard InChI is InChI=1S/C22H25ClIN5O5/c1-2-18(16-5-12(23)6-17(24)20(16)33)29-19(32)10-25-21(34)11-3-13(7-14(30)4-11)28-22-26-8-15(31)9-27-22/h3-7,15,18,30-31,33H,2,8-10H2,1H3,(H,25,34)(H,29,32)(H2,26,27,28)/t18-/m0/s1. The largest absolute Gasteiger partial charge is 0.508 e. The Labute approximate surface area is 214 Å². The minimum Gasteiger partial charge on any atom is -0.508 e. The molecule has 7 N–H and O–H groups in total. The monoisotopic (exact) mass is 601 g/mol. The number of hydrogen-bond donors (Lipinski definition) is 7. The zero-order valence-corrected chi connectivity index (χ0v) is 21.1. The maximum atomic E-state index is 12.6. The minimum atomic E-state index is -0.569. The third-order valence-corrected chi connectivity index (χ3v) is 6.03. The van der Waals surface area contributed by atoms with Gasteiger partial charge in [0.05, 0.1) is 28.8 Å². The van der Waals surface area contributed by atoms with Crippen molar-refractivity contribution in [3.05, 3.63) is 50.1 Å². The van der Waals surface area contributed by atoms with Gasteiger partial charge in [-0.1, -0.05) is 18.5 Å². The van der Waals surface area contributed by atoms with Crippen molar-refractivity contribution in [1.29, 1.82) is 0 Å². The summed E-state index contributed by atoms with van der Waals surface area (Å²) in [6.45, 7) is 2.11. The summed E-state index contributed by atoms with van der Waals surface area (Å²) in [5, 5.41) is 41.4. The lowest BCUT2D eigenvalue weighted by Gasteiger charge is -2.20. The van der Waals surface area contributed by atoms with Gasteiger partial charge >= 0.3 is 0 Å². The average molecular weight is 602 g/mol. The number of guanidine groups is 1. The first kappa shape index (κ1) is 25.8. The number of anilines is 1. The van der Waals surface area contributed by atoms with E-state index in [1.165, 1.54) is 18.2 Å². The molecule has 0 saturated heterocycles. The summed E-state index contributed by atoms with van der Waals surface area (Å²) in [5.41, 5.74) is 1.05. The molecule has 2 amide bonds. The molecule has 0 fully saturated rings. The normalized spacial score (nSPS) is 16.1. The van der Waals surface area contributed by atoms with Crippen molar-refractivity contribution in [2.24, 2.45) is 4.99 Å². The molecule has 0 bridgehead atoms. The molecular formula is C22H25ClIN5O5. The molecule has 182 valence electrons. The minimum absolute atomic E-state index is 0.0487.